The lowest BCUT2D eigenvalue weighted by atomic mass is 9.92. The van der Waals surface area contributed by atoms with Crippen molar-refractivity contribution in [2.24, 2.45) is 0 Å². The smallest absolute Gasteiger partial charge is 0.254 e. The number of carbonyl (C=O) groups is 1. The molecule has 5 rings (SSSR count). The Balaban J connectivity index is 1.55. The Labute approximate surface area is 162 Å². The van der Waals surface area contributed by atoms with Gasteiger partial charge in [0.15, 0.2) is 11.5 Å². The number of hydrogen-bond donors (Lipinski definition) is 0. The van der Waals surface area contributed by atoms with Gasteiger partial charge in [0.25, 0.3) is 5.91 Å². The second-order valence-corrected chi connectivity index (χ2v) is 7.93. The van der Waals surface area contributed by atoms with E-state index in [4.69, 9.17) is 9.47 Å². The molecule has 136 valence electrons. The van der Waals surface area contributed by atoms with Crippen LogP contribution in [0.4, 0.5) is 0 Å². The second kappa shape index (κ2) is 6.43. The van der Waals surface area contributed by atoms with Crippen LogP contribution < -0.4 is 9.47 Å². The summed E-state index contributed by atoms with van der Waals surface area (Å²) in [6.45, 7) is 3.00. The summed E-state index contributed by atoms with van der Waals surface area (Å²) in [5, 5.41) is 2.13. The summed E-state index contributed by atoms with van der Waals surface area (Å²) in [6, 6.07) is 16.0. The highest BCUT2D eigenvalue weighted by molar-refractivity contribution is 7.10. The third-order valence-corrected chi connectivity index (χ3v) is 6.24. The third kappa shape index (κ3) is 2.79. The summed E-state index contributed by atoms with van der Waals surface area (Å²) >= 11 is 1.78. The van der Waals surface area contributed by atoms with Gasteiger partial charge >= 0.3 is 0 Å². The second-order valence-electron chi connectivity index (χ2n) is 6.93. The zero-order valence-corrected chi connectivity index (χ0v) is 15.8. The predicted molar refractivity (Wildman–Crippen MR) is 105 cm³/mol. The molecule has 2 aliphatic rings. The van der Waals surface area contributed by atoms with E-state index in [0.29, 0.717) is 23.6 Å². The van der Waals surface area contributed by atoms with Crippen LogP contribution in [0.1, 0.15) is 38.0 Å². The van der Waals surface area contributed by atoms with Gasteiger partial charge in [0.05, 0.1) is 6.04 Å². The lowest BCUT2D eigenvalue weighted by molar-refractivity contribution is 0.0695. The Kier molecular flexibility index (Phi) is 3.90. The van der Waals surface area contributed by atoms with Crippen molar-refractivity contribution >= 4 is 17.2 Å². The zero-order chi connectivity index (χ0) is 18.4. The number of thiophene rings is 1. The van der Waals surface area contributed by atoms with E-state index >= 15 is 0 Å². The maximum Gasteiger partial charge on any atom is 0.254 e. The molecule has 27 heavy (non-hydrogen) atoms. The van der Waals surface area contributed by atoms with Gasteiger partial charge in [-0.05, 0) is 54.1 Å². The Morgan fingerprint density at radius 1 is 1.07 bits per heavy atom. The fourth-order valence-corrected chi connectivity index (χ4v) is 4.74. The number of fused-ring (bicyclic) bond motifs is 2. The van der Waals surface area contributed by atoms with Gasteiger partial charge in [0.1, 0.15) is 0 Å². The lowest BCUT2D eigenvalue weighted by Crippen LogP contribution is -2.40. The molecule has 0 aliphatic carbocycles. The van der Waals surface area contributed by atoms with Crippen LogP contribution in [0.25, 0.3) is 0 Å². The summed E-state index contributed by atoms with van der Waals surface area (Å²) < 4.78 is 10.8. The minimum absolute atomic E-state index is 0.0238. The molecule has 0 N–H and O–H groups in total. The normalized spacial score (nSPS) is 17.7. The summed E-state index contributed by atoms with van der Waals surface area (Å²) in [7, 11) is 0. The predicted octanol–water partition coefficient (Wildman–Crippen LogP) is 4.57. The standard InChI is InChI=1S/C22H19NO3S/c1-14-2-4-15(5-3-14)21-17-9-11-27-20(17)8-10-23(21)22(24)16-6-7-18-19(12-16)26-13-25-18/h2-7,9,11-12,21H,8,10,13H2,1H3/t21-/m0/s1. The topological polar surface area (TPSA) is 38.8 Å². The molecule has 0 fully saturated rings. The van der Waals surface area contributed by atoms with Crippen molar-refractivity contribution in [3.8, 4) is 11.5 Å². The molecule has 1 aromatic heterocycles. The van der Waals surface area contributed by atoms with E-state index in [1.807, 2.05) is 17.0 Å². The summed E-state index contributed by atoms with van der Waals surface area (Å²) in [5.41, 5.74) is 4.24. The molecule has 0 bridgehead atoms. The SMILES string of the molecule is Cc1ccc([C@H]2c3ccsc3CCN2C(=O)c2ccc3c(c2)OCO3)cc1. The van der Waals surface area contributed by atoms with Gasteiger partial charge in [0, 0.05) is 17.0 Å². The molecule has 0 saturated heterocycles. The number of amides is 1. The van der Waals surface area contributed by atoms with Crippen LogP contribution in [-0.4, -0.2) is 24.1 Å². The Morgan fingerprint density at radius 3 is 2.74 bits per heavy atom. The maximum atomic E-state index is 13.4. The molecule has 0 saturated carbocycles. The average molecular weight is 377 g/mol. The van der Waals surface area contributed by atoms with Crippen LogP contribution in [0.5, 0.6) is 11.5 Å². The van der Waals surface area contributed by atoms with Gasteiger partial charge < -0.3 is 14.4 Å². The van der Waals surface area contributed by atoms with Gasteiger partial charge in [-0.1, -0.05) is 29.8 Å². The van der Waals surface area contributed by atoms with Crippen LogP contribution in [0, 0.1) is 6.92 Å². The maximum absolute atomic E-state index is 13.4. The van der Waals surface area contributed by atoms with Crippen molar-refractivity contribution in [3.63, 3.8) is 0 Å². The molecule has 0 radical (unpaired) electrons. The van der Waals surface area contributed by atoms with Gasteiger partial charge in [-0.2, -0.15) is 0 Å². The zero-order valence-electron chi connectivity index (χ0n) is 15.0. The van der Waals surface area contributed by atoms with Crippen LogP contribution in [0.2, 0.25) is 0 Å². The van der Waals surface area contributed by atoms with E-state index in [-0.39, 0.29) is 18.7 Å². The third-order valence-electron chi connectivity index (χ3n) is 5.24. The van der Waals surface area contributed by atoms with Crippen LogP contribution in [0.3, 0.4) is 0 Å². The van der Waals surface area contributed by atoms with Crippen molar-refractivity contribution in [1.29, 1.82) is 0 Å². The van der Waals surface area contributed by atoms with Crippen LogP contribution >= 0.6 is 11.3 Å². The van der Waals surface area contributed by atoms with Crippen molar-refractivity contribution in [3.05, 3.63) is 81.0 Å². The Hall–Kier alpha value is -2.79. The first kappa shape index (κ1) is 16.4. The average Bonchev–Trinajstić information content (AvgIpc) is 3.35. The highest BCUT2D eigenvalue weighted by Crippen LogP contribution is 2.39. The molecule has 1 atom stereocenters. The minimum atomic E-state index is -0.0569. The highest BCUT2D eigenvalue weighted by Gasteiger charge is 2.33. The first-order valence-electron chi connectivity index (χ1n) is 9.04. The molecular formula is C22H19NO3S. The molecular weight excluding hydrogens is 358 g/mol. The lowest BCUT2D eigenvalue weighted by Gasteiger charge is -2.36. The fraction of sp³-hybridized carbons (Fsp3) is 0.227. The van der Waals surface area contributed by atoms with Crippen LogP contribution in [-0.2, 0) is 6.42 Å². The number of aryl methyl sites for hydroxylation is 1. The number of hydrogen-bond acceptors (Lipinski definition) is 4. The van der Waals surface area contributed by atoms with E-state index in [9.17, 15) is 4.79 Å². The van der Waals surface area contributed by atoms with E-state index in [2.05, 4.69) is 42.6 Å². The van der Waals surface area contributed by atoms with Crippen molar-refractivity contribution in [2.45, 2.75) is 19.4 Å². The molecule has 0 spiro atoms. The molecule has 3 aromatic rings. The molecule has 5 heteroatoms. The highest BCUT2D eigenvalue weighted by atomic mass is 32.1. The summed E-state index contributed by atoms with van der Waals surface area (Å²) in [6.07, 6.45) is 0.894. The summed E-state index contributed by atoms with van der Waals surface area (Å²) in [5.74, 6) is 1.36. The van der Waals surface area contributed by atoms with Gasteiger partial charge in [0.2, 0.25) is 6.79 Å². The van der Waals surface area contributed by atoms with Crippen LogP contribution in [0.15, 0.2) is 53.9 Å². The monoisotopic (exact) mass is 377 g/mol. The Morgan fingerprint density at radius 2 is 1.89 bits per heavy atom. The largest absolute Gasteiger partial charge is 0.454 e. The number of rotatable bonds is 2. The number of benzene rings is 2. The van der Waals surface area contributed by atoms with E-state index < -0.39 is 0 Å². The van der Waals surface area contributed by atoms with E-state index in [0.717, 1.165) is 12.0 Å². The quantitative estimate of drug-likeness (QED) is 0.656. The molecule has 0 unspecified atom stereocenters. The first-order chi connectivity index (χ1) is 13.2. The first-order valence-corrected chi connectivity index (χ1v) is 9.92. The molecule has 4 nitrogen and oxygen atoms in total. The molecule has 1 amide bonds. The van der Waals surface area contributed by atoms with Gasteiger partial charge in [-0.3, -0.25) is 4.79 Å². The molecule has 2 aromatic carbocycles. The number of ether oxygens (including phenoxy) is 2. The van der Waals surface area contributed by atoms with Crippen molar-refractivity contribution in [1.82, 2.24) is 4.90 Å². The number of carbonyl (C=O) groups excluding carboxylic acids is 1. The summed E-state index contributed by atoms with van der Waals surface area (Å²) in [4.78, 5) is 16.8. The van der Waals surface area contributed by atoms with Crippen molar-refractivity contribution in [2.75, 3.05) is 13.3 Å². The molecule has 2 aliphatic heterocycles. The molecule has 3 heterocycles. The fourth-order valence-electron chi connectivity index (χ4n) is 3.84. The Bertz CT molecular complexity index is 1010. The minimum Gasteiger partial charge on any atom is -0.454 e. The van der Waals surface area contributed by atoms with E-state index in [1.54, 1.807) is 17.4 Å². The van der Waals surface area contributed by atoms with E-state index in [1.165, 1.54) is 16.0 Å². The van der Waals surface area contributed by atoms with Crippen molar-refractivity contribution < 1.29 is 14.3 Å². The van der Waals surface area contributed by atoms with Gasteiger partial charge in [-0.25, -0.2) is 0 Å². The number of nitrogens with zero attached hydrogens (tertiary/aromatic N) is 1. The van der Waals surface area contributed by atoms with Gasteiger partial charge in [-0.15, -0.1) is 11.3 Å².